The number of unbranched alkanes of at least 4 members (excludes halogenated alkanes) is 9. The van der Waals surface area contributed by atoms with E-state index in [-0.39, 0.29) is 0 Å². The van der Waals surface area contributed by atoms with Crippen LogP contribution >= 0.6 is 0 Å². The Kier molecular flexibility index (Phi) is 14.4. The van der Waals surface area contributed by atoms with Crippen LogP contribution < -0.4 is 0 Å². The first-order valence-electron chi connectivity index (χ1n) is 7.17. The maximum absolute atomic E-state index is 8.62. The minimum Gasteiger partial charge on any atom is -0.396 e. The molecule has 0 unspecified atom stereocenters. The van der Waals surface area contributed by atoms with Crippen molar-refractivity contribution in [2.75, 3.05) is 6.61 Å². The molecule has 0 bridgehead atoms. The van der Waals surface area contributed by atoms with E-state index in [4.69, 9.17) is 5.11 Å². The van der Waals surface area contributed by atoms with E-state index in [1.54, 1.807) is 0 Å². The number of hydrogen-bond donors (Lipinski definition) is 1. The maximum Gasteiger partial charge on any atom is 0.0431 e. The summed E-state index contributed by atoms with van der Waals surface area (Å²) >= 11 is 0. The van der Waals surface area contributed by atoms with Crippen molar-refractivity contribution in [2.24, 2.45) is 0 Å². The summed E-state index contributed by atoms with van der Waals surface area (Å²) in [7, 11) is 0. The van der Waals surface area contributed by atoms with Gasteiger partial charge in [-0.3, -0.25) is 0 Å². The Labute approximate surface area is 102 Å². The second-order valence-electron chi connectivity index (χ2n) is 4.60. The molecule has 0 aliphatic rings. The van der Waals surface area contributed by atoms with Crippen molar-refractivity contribution >= 4 is 0 Å². The molecule has 16 heavy (non-hydrogen) atoms. The number of aliphatic hydroxyl groups excluding tert-OH is 1. The van der Waals surface area contributed by atoms with Crippen LogP contribution in [0.5, 0.6) is 0 Å². The summed E-state index contributed by atoms with van der Waals surface area (Å²) in [4.78, 5) is 0. The summed E-state index contributed by atoms with van der Waals surface area (Å²) in [5, 5.41) is 8.62. The van der Waals surface area contributed by atoms with Gasteiger partial charge in [0.25, 0.3) is 0 Å². The number of allylic oxidation sites excluding steroid dienone is 2. The minimum atomic E-state index is 0.362. The Balaban J connectivity index is 2.97. The molecule has 0 spiro atoms. The fraction of sp³-hybridized carbons (Fsp3) is 0.867. The molecule has 0 radical (unpaired) electrons. The van der Waals surface area contributed by atoms with Gasteiger partial charge in [-0.05, 0) is 32.1 Å². The summed E-state index contributed by atoms with van der Waals surface area (Å²) in [6, 6.07) is 0. The zero-order valence-corrected chi connectivity index (χ0v) is 11.1. The molecule has 0 atom stereocenters. The topological polar surface area (TPSA) is 20.2 Å². The van der Waals surface area contributed by atoms with Crippen LogP contribution in [0.15, 0.2) is 12.2 Å². The fourth-order valence-electron chi connectivity index (χ4n) is 1.83. The molecule has 1 nitrogen and oxygen atoms in total. The average molecular weight is 226 g/mol. The highest BCUT2D eigenvalue weighted by Crippen LogP contribution is 2.08. The quantitative estimate of drug-likeness (QED) is 0.373. The highest BCUT2D eigenvalue weighted by molar-refractivity contribution is 4.81. The van der Waals surface area contributed by atoms with Gasteiger partial charge >= 0.3 is 0 Å². The number of hydrogen-bond acceptors (Lipinski definition) is 1. The van der Waals surface area contributed by atoms with Crippen molar-refractivity contribution in [3.63, 3.8) is 0 Å². The molecule has 0 saturated heterocycles. The summed E-state index contributed by atoms with van der Waals surface area (Å²) in [5.41, 5.74) is 0. The maximum atomic E-state index is 8.62. The van der Waals surface area contributed by atoms with E-state index >= 15 is 0 Å². The normalized spacial score (nSPS) is 11.4. The van der Waals surface area contributed by atoms with Gasteiger partial charge in [-0.25, -0.2) is 0 Å². The lowest BCUT2D eigenvalue weighted by Gasteiger charge is -1.98. The van der Waals surface area contributed by atoms with Gasteiger partial charge < -0.3 is 5.11 Å². The molecular formula is C15H30O. The molecule has 1 heteroatoms. The van der Waals surface area contributed by atoms with Crippen LogP contribution in [0, 0.1) is 0 Å². The van der Waals surface area contributed by atoms with E-state index in [0.29, 0.717) is 6.61 Å². The third-order valence-electron chi connectivity index (χ3n) is 2.92. The standard InChI is InChI=1S/C15H30O/c1-2-3-4-5-6-7-8-9-10-11-12-13-14-15-16/h6-7,16H,2-5,8-15H2,1H3/b7-6-. The lowest BCUT2D eigenvalue weighted by molar-refractivity contribution is 0.282. The Morgan fingerprint density at radius 3 is 1.75 bits per heavy atom. The lowest BCUT2D eigenvalue weighted by atomic mass is 10.1. The highest BCUT2D eigenvalue weighted by Gasteiger charge is 1.89. The van der Waals surface area contributed by atoms with E-state index in [1.165, 1.54) is 64.2 Å². The molecule has 0 aromatic carbocycles. The third-order valence-corrected chi connectivity index (χ3v) is 2.92. The second kappa shape index (κ2) is 14.7. The Morgan fingerprint density at radius 2 is 1.19 bits per heavy atom. The first-order chi connectivity index (χ1) is 7.91. The van der Waals surface area contributed by atoms with Crippen LogP contribution in [-0.2, 0) is 0 Å². The largest absolute Gasteiger partial charge is 0.396 e. The van der Waals surface area contributed by atoms with Crippen molar-refractivity contribution in [1.29, 1.82) is 0 Å². The van der Waals surface area contributed by atoms with E-state index in [9.17, 15) is 0 Å². The summed E-state index contributed by atoms with van der Waals surface area (Å²) < 4.78 is 0. The monoisotopic (exact) mass is 226 g/mol. The van der Waals surface area contributed by atoms with Gasteiger partial charge in [0.15, 0.2) is 0 Å². The van der Waals surface area contributed by atoms with Crippen molar-refractivity contribution in [3.05, 3.63) is 12.2 Å². The smallest absolute Gasteiger partial charge is 0.0431 e. The van der Waals surface area contributed by atoms with Crippen LogP contribution in [0.4, 0.5) is 0 Å². The van der Waals surface area contributed by atoms with Gasteiger partial charge in [-0.1, -0.05) is 57.6 Å². The Morgan fingerprint density at radius 1 is 0.688 bits per heavy atom. The molecule has 0 rings (SSSR count). The van der Waals surface area contributed by atoms with E-state index < -0.39 is 0 Å². The van der Waals surface area contributed by atoms with Crippen molar-refractivity contribution in [3.8, 4) is 0 Å². The van der Waals surface area contributed by atoms with Gasteiger partial charge in [-0.15, -0.1) is 0 Å². The molecule has 0 fully saturated rings. The van der Waals surface area contributed by atoms with E-state index in [1.807, 2.05) is 0 Å². The van der Waals surface area contributed by atoms with Gasteiger partial charge in [0.2, 0.25) is 0 Å². The van der Waals surface area contributed by atoms with Crippen LogP contribution in [0.3, 0.4) is 0 Å². The minimum absolute atomic E-state index is 0.362. The van der Waals surface area contributed by atoms with Crippen LogP contribution in [-0.4, -0.2) is 11.7 Å². The number of rotatable bonds is 12. The molecule has 0 aliphatic carbocycles. The zero-order chi connectivity index (χ0) is 11.9. The van der Waals surface area contributed by atoms with Crippen LogP contribution in [0.2, 0.25) is 0 Å². The Bertz CT molecular complexity index is 140. The summed E-state index contributed by atoms with van der Waals surface area (Å²) in [5.74, 6) is 0. The van der Waals surface area contributed by atoms with Gasteiger partial charge in [-0.2, -0.15) is 0 Å². The first kappa shape index (κ1) is 15.7. The van der Waals surface area contributed by atoms with E-state index in [0.717, 1.165) is 6.42 Å². The van der Waals surface area contributed by atoms with Crippen LogP contribution in [0.25, 0.3) is 0 Å². The molecular weight excluding hydrogens is 196 g/mol. The van der Waals surface area contributed by atoms with Gasteiger partial charge in [0, 0.05) is 6.61 Å². The van der Waals surface area contributed by atoms with Crippen molar-refractivity contribution in [2.45, 2.75) is 77.6 Å². The summed E-state index contributed by atoms with van der Waals surface area (Å²) in [6.07, 6.45) is 18.8. The first-order valence-corrected chi connectivity index (χ1v) is 7.17. The summed E-state index contributed by atoms with van der Waals surface area (Å²) in [6.45, 7) is 2.61. The molecule has 0 aromatic heterocycles. The zero-order valence-electron chi connectivity index (χ0n) is 11.1. The van der Waals surface area contributed by atoms with E-state index in [2.05, 4.69) is 19.1 Å². The predicted molar refractivity (Wildman–Crippen MR) is 72.7 cm³/mol. The second-order valence-corrected chi connectivity index (χ2v) is 4.60. The molecule has 0 amide bonds. The van der Waals surface area contributed by atoms with Crippen molar-refractivity contribution in [1.82, 2.24) is 0 Å². The molecule has 96 valence electrons. The molecule has 0 aromatic rings. The molecule has 0 heterocycles. The molecule has 0 saturated carbocycles. The van der Waals surface area contributed by atoms with Gasteiger partial charge in [0.05, 0.1) is 0 Å². The Hall–Kier alpha value is -0.300. The highest BCUT2D eigenvalue weighted by atomic mass is 16.2. The average Bonchev–Trinajstić information content (AvgIpc) is 2.31. The third kappa shape index (κ3) is 13.7. The molecule has 1 N–H and O–H groups in total. The SMILES string of the molecule is CCCCC/C=C\CCCCCCCCO. The van der Waals surface area contributed by atoms with Crippen molar-refractivity contribution < 1.29 is 5.11 Å². The van der Waals surface area contributed by atoms with Crippen LogP contribution in [0.1, 0.15) is 77.6 Å². The number of aliphatic hydroxyl groups is 1. The predicted octanol–water partition coefficient (Wildman–Crippen LogP) is 4.85. The lowest BCUT2D eigenvalue weighted by Crippen LogP contribution is -1.83. The fourth-order valence-corrected chi connectivity index (χ4v) is 1.83. The van der Waals surface area contributed by atoms with Gasteiger partial charge in [0.1, 0.15) is 0 Å². The molecule has 0 aliphatic heterocycles.